The Morgan fingerprint density at radius 2 is 2.27 bits per heavy atom. The van der Waals surface area contributed by atoms with Crippen LogP contribution in [0.15, 0.2) is 24.4 Å². The molecule has 0 saturated carbocycles. The van der Waals surface area contributed by atoms with Crippen LogP contribution in [0, 0.1) is 11.3 Å². The Morgan fingerprint density at radius 3 is 3.00 bits per heavy atom. The molecular formula is C12H12N2O. The summed E-state index contributed by atoms with van der Waals surface area (Å²) >= 11 is 0. The number of rotatable bonds is 3. The molecule has 1 heterocycles. The number of aromatic nitrogens is 1. The molecule has 0 fully saturated rings. The number of aryl methyl sites for hydroxylation is 1. The molecular weight excluding hydrogens is 188 g/mol. The van der Waals surface area contributed by atoms with E-state index in [9.17, 15) is 0 Å². The molecule has 0 aliphatic rings. The van der Waals surface area contributed by atoms with Gasteiger partial charge in [0.2, 0.25) is 0 Å². The van der Waals surface area contributed by atoms with Crippen LogP contribution in [-0.4, -0.2) is 16.7 Å². The minimum absolute atomic E-state index is 0.183. The van der Waals surface area contributed by atoms with Crippen molar-refractivity contribution < 1.29 is 5.11 Å². The van der Waals surface area contributed by atoms with Crippen molar-refractivity contribution >= 4 is 10.9 Å². The van der Waals surface area contributed by atoms with Crippen LogP contribution >= 0.6 is 0 Å². The maximum atomic E-state index is 8.95. The lowest BCUT2D eigenvalue weighted by atomic mass is 10.0. The normalized spacial score (nSPS) is 10.4. The number of nitrogens with one attached hydrogen (secondary N) is 1. The summed E-state index contributed by atoms with van der Waals surface area (Å²) in [6.45, 7) is 0.183. The Balaban J connectivity index is 2.53. The first kappa shape index (κ1) is 9.75. The molecule has 0 bridgehead atoms. The van der Waals surface area contributed by atoms with E-state index in [-0.39, 0.29) is 6.61 Å². The second-order valence-electron chi connectivity index (χ2n) is 3.48. The molecule has 0 radical (unpaired) electrons. The molecule has 0 spiro atoms. The number of nitriles is 1. The number of aliphatic hydroxyl groups excluding tert-OH is 1. The summed E-state index contributed by atoms with van der Waals surface area (Å²) in [5.41, 5.74) is 2.79. The molecule has 1 aromatic carbocycles. The van der Waals surface area contributed by atoms with E-state index >= 15 is 0 Å². The molecule has 3 heteroatoms. The number of aliphatic hydroxyl groups is 1. The summed E-state index contributed by atoms with van der Waals surface area (Å²) in [5, 5.41) is 18.8. The van der Waals surface area contributed by atoms with Gasteiger partial charge in [-0.15, -0.1) is 0 Å². The van der Waals surface area contributed by atoms with Crippen molar-refractivity contribution in [3.63, 3.8) is 0 Å². The van der Waals surface area contributed by atoms with E-state index in [1.807, 2.05) is 18.2 Å². The Bertz CT molecular complexity index is 508. The molecule has 1 aromatic heterocycles. The van der Waals surface area contributed by atoms with E-state index in [1.165, 1.54) is 0 Å². The van der Waals surface area contributed by atoms with Crippen molar-refractivity contribution in [1.29, 1.82) is 5.26 Å². The van der Waals surface area contributed by atoms with Crippen LogP contribution in [0.1, 0.15) is 17.5 Å². The third kappa shape index (κ3) is 1.72. The molecule has 15 heavy (non-hydrogen) atoms. The number of nitrogens with zero attached hydrogens (tertiary/aromatic N) is 1. The number of benzene rings is 1. The van der Waals surface area contributed by atoms with Crippen LogP contribution in [0.2, 0.25) is 0 Å². The maximum Gasteiger partial charge on any atom is 0.101 e. The van der Waals surface area contributed by atoms with Gasteiger partial charge >= 0.3 is 0 Å². The molecule has 0 atom stereocenters. The number of H-pyrrole nitrogens is 1. The van der Waals surface area contributed by atoms with Crippen molar-refractivity contribution in [2.24, 2.45) is 0 Å². The van der Waals surface area contributed by atoms with Gasteiger partial charge in [-0.2, -0.15) is 5.26 Å². The van der Waals surface area contributed by atoms with Gasteiger partial charge in [0.25, 0.3) is 0 Å². The molecule has 0 saturated heterocycles. The van der Waals surface area contributed by atoms with Crippen molar-refractivity contribution in [1.82, 2.24) is 4.98 Å². The minimum Gasteiger partial charge on any atom is -0.396 e. The molecule has 3 nitrogen and oxygen atoms in total. The van der Waals surface area contributed by atoms with E-state index in [2.05, 4.69) is 11.1 Å². The van der Waals surface area contributed by atoms with E-state index < -0.39 is 0 Å². The highest BCUT2D eigenvalue weighted by Crippen LogP contribution is 2.22. The zero-order valence-electron chi connectivity index (χ0n) is 8.33. The first-order valence-electron chi connectivity index (χ1n) is 4.96. The Hall–Kier alpha value is -1.79. The van der Waals surface area contributed by atoms with E-state index in [0.29, 0.717) is 5.56 Å². The SMILES string of the molecule is N#Cc1c[nH]c2cccc(CCCO)c12. The third-order valence-electron chi connectivity index (χ3n) is 2.52. The lowest BCUT2D eigenvalue weighted by Gasteiger charge is -2.02. The highest BCUT2D eigenvalue weighted by atomic mass is 16.2. The summed E-state index contributed by atoms with van der Waals surface area (Å²) in [6, 6.07) is 8.10. The fourth-order valence-electron chi connectivity index (χ4n) is 1.83. The number of fused-ring (bicyclic) bond motifs is 1. The first-order valence-corrected chi connectivity index (χ1v) is 4.96. The summed E-state index contributed by atoms with van der Waals surface area (Å²) in [5.74, 6) is 0. The summed E-state index contributed by atoms with van der Waals surface area (Å²) in [7, 11) is 0. The van der Waals surface area contributed by atoms with Crippen LogP contribution in [0.4, 0.5) is 0 Å². The highest BCUT2D eigenvalue weighted by molar-refractivity contribution is 5.88. The minimum atomic E-state index is 0.183. The summed E-state index contributed by atoms with van der Waals surface area (Å²) in [4.78, 5) is 3.07. The summed E-state index contributed by atoms with van der Waals surface area (Å²) < 4.78 is 0. The van der Waals surface area contributed by atoms with Gasteiger partial charge < -0.3 is 10.1 Å². The van der Waals surface area contributed by atoms with Gasteiger partial charge in [0, 0.05) is 23.7 Å². The zero-order chi connectivity index (χ0) is 10.7. The molecule has 76 valence electrons. The molecule has 0 aliphatic heterocycles. The average Bonchev–Trinajstić information content (AvgIpc) is 2.69. The van der Waals surface area contributed by atoms with E-state index in [4.69, 9.17) is 10.4 Å². The fourth-order valence-corrected chi connectivity index (χ4v) is 1.83. The predicted octanol–water partition coefficient (Wildman–Crippen LogP) is 1.96. The molecule has 2 N–H and O–H groups in total. The smallest absolute Gasteiger partial charge is 0.101 e. The average molecular weight is 200 g/mol. The Morgan fingerprint density at radius 1 is 1.40 bits per heavy atom. The lowest BCUT2D eigenvalue weighted by Crippen LogP contribution is -1.90. The lowest BCUT2D eigenvalue weighted by molar-refractivity contribution is 0.289. The fraction of sp³-hybridized carbons (Fsp3) is 0.250. The zero-order valence-corrected chi connectivity index (χ0v) is 8.33. The van der Waals surface area contributed by atoms with Crippen molar-refractivity contribution in [3.05, 3.63) is 35.5 Å². The van der Waals surface area contributed by atoms with Gasteiger partial charge in [-0.1, -0.05) is 12.1 Å². The maximum absolute atomic E-state index is 8.95. The second-order valence-corrected chi connectivity index (χ2v) is 3.48. The Labute approximate surface area is 88.0 Å². The van der Waals surface area contributed by atoms with E-state index in [1.54, 1.807) is 6.20 Å². The predicted molar refractivity (Wildman–Crippen MR) is 58.4 cm³/mol. The number of hydrogen-bond donors (Lipinski definition) is 2. The molecule has 2 aromatic rings. The highest BCUT2D eigenvalue weighted by Gasteiger charge is 2.07. The molecule has 0 unspecified atom stereocenters. The van der Waals surface area contributed by atoms with Gasteiger partial charge in [0.1, 0.15) is 6.07 Å². The molecule has 0 amide bonds. The topological polar surface area (TPSA) is 59.8 Å². The quantitative estimate of drug-likeness (QED) is 0.795. The van der Waals surface area contributed by atoms with Gasteiger partial charge in [0.05, 0.1) is 5.56 Å². The van der Waals surface area contributed by atoms with Crippen LogP contribution in [0.3, 0.4) is 0 Å². The molecule has 2 rings (SSSR count). The van der Waals surface area contributed by atoms with Gasteiger partial charge in [-0.25, -0.2) is 0 Å². The first-order chi connectivity index (χ1) is 7.36. The largest absolute Gasteiger partial charge is 0.396 e. The van der Waals surface area contributed by atoms with E-state index in [0.717, 1.165) is 29.3 Å². The van der Waals surface area contributed by atoms with Crippen LogP contribution in [-0.2, 0) is 6.42 Å². The Kier molecular flexibility index (Phi) is 2.70. The number of aromatic amines is 1. The van der Waals surface area contributed by atoms with Gasteiger partial charge in [-0.3, -0.25) is 0 Å². The summed E-state index contributed by atoms with van der Waals surface area (Å²) in [6.07, 6.45) is 3.27. The second kappa shape index (κ2) is 4.16. The van der Waals surface area contributed by atoms with Crippen molar-refractivity contribution in [2.45, 2.75) is 12.8 Å². The van der Waals surface area contributed by atoms with Gasteiger partial charge in [0.15, 0.2) is 0 Å². The van der Waals surface area contributed by atoms with Crippen LogP contribution in [0.25, 0.3) is 10.9 Å². The van der Waals surface area contributed by atoms with Crippen molar-refractivity contribution in [3.8, 4) is 6.07 Å². The van der Waals surface area contributed by atoms with Crippen LogP contribution < -0.4 is 0 Å². The number of hydrogen-bond acceptors (Lipinski definition) is 2. The standard InChI is InChI=1S/C12H12N2O/c13-7-10-8-14-11-5-1-3-9(12(10)11)4-2-6-15/h1,3,5,8,14-15H,2,4,6H2. The monoisotopic (exact) mass is 200 g/mol. The van der Waals surface area contributed by atoms with Crippen molar-refractivity contribution in [2.75, 3.05) is 6.61 Å². The third-order valence-corrected chi connectivity index (χ3v) is 2.52. The molecule has 0 aliphatic carbocycles. The van der Waals surface area contributed by atoms with Crippen LogP contribution in [0.5, 0.6) is 0 Å². The van der Waals surface area contributed by atoms with Gasteiger partial charge in [-0.05, 0) is 24.5 Å².